The van der Waals surface area contributed by atoms with E-state index in [2.05, 4.69) is 10.2 Å². The van der Waals surface area contributed by atoms with Gasteiger partial charge in [0.1, 0.15) is 5.69 Å². The zero-order valence-electron chi connectivity index (χ0n) is 7.12. The Morgan fingerprint density at radius 3 is 2.57 bits per heavy atom. The van der Waals surface area contributed by atoms with Crippen molar-refractivity contribution < 1.29 is 9.90 Å². The minimum atomic E-state index is -1.33. The van der Waals surface area contributed by atoms with Crippen LogP contribution in [0.15, 0.2) is 36.5 Å². The second-order valence-corrected chi connectivity index (χ2v) is 2.64. The third-order valence-corrected chi connectivity index (χ3v) is 1.69. The van der Waals surface area contributed by atoms with Gasteiger partial charge in [-0.3, -0.25) is 0 Å². The second-order valence-electron chi connectivity index (χ2n) is 2.64. The molecule has 14 heavy (non-hydrogen) atoms. The summed E-state index contributed by atoms with van der Waals surface area (Å²) in [5.74, 6) is -1.33. The third-order valence-electron chi connectivity index (χ3n) is 1.69. The molecule has 0 fully saturated rings. The quantitative estimate of drug-likeness (QED) is 0.644. The molecule has 1 aromatic carbocycles. The summed E-state index contributed by atoms with van der Waals surface area (Å²) in [7, 11) is 0. The first kappa shape index (κ1) is 8.43. The summed E-state index contributed by atoms with van der Waals surface area (Å²) in [5.41, 5.74) is 0.536. The molecule has 0 saturated carbocycles. The monoisotopic (exact) mass is 188 g/mol. The minimum absolute atomic E-state index is 0.172. The lowest BCUT2D eigenvalue weighted by Crippen LogP contribution is -2.22. The van der Waals surface area contributed by atoms with Crippen molar-refractivity contribution in [2.24, 2.45) is 0 Å². The summed E-state index contributed by atoms with van der Waals surface area (Å²) in [4.78, 5) is 11.7. The molecule has 2 rings (SSSR count). The van der Waals surface area contributed by atoms with Crippen LogP contribution in [0.4, 0.5) is 0 Å². The predicted octanol–water partition coefficient (Wildman–Crippen LogP) is -0.369. The average molecular weight is 188 g/mol. The number of para-hydroxylation sites is 1. The summed E-state index contributed by atoms with van der Waals surface area (Å²) < 4.78 is 0. The van der Waals surface area contributed by atoms with Gasteiger partial charge in [0.05, 0.1) is 17.9 Å². The van der Waals surface area contributed by atoms with Crippen molar-refractivity contribution in [1.29, 1.82) is 0 Å². The molecule has 1 aromatic heterocycles. The molecule has 2 aromatic rings. The Balaban J connectivity index is 2.39. The summed E-state index contributed by atoms with van der Waals surface area (Å²) in [5, 5.41) is 17.9. The maximum atomic E-state index is 10.4. The van der Waals surface area contributed by atoms with Gasteiger partial charge in [-0.25, -0.2) is 0 Å². The van der Waals surface area contributed by atoms with Crippen molar-refractivity contribution in [3.63, 3.8) is 0 Å². The molecule has 0 aliphatic carbocycles. The molecule has 0 amide bonds. The van der Waals surface area contributed by atoms with Crippen molar-refractivity contribution in [3.05, 3.63) is 42.2 Å². The number of aromatic carboxylic acids is 1. The molecule has 0 bridgehead atoms. The van der Waals surface area contributed by atoms with Crippen molar-refractivity contribution in [2.75, 3.05) is 0 Å². The number of benzene rings is 1. The Morgan fingerprint density at radius 1 is 1.29 bits per heavy atom. The normalized spacial score (nSPS) is 10.0. The van der Waals surface area contributed by atoms with Crippen molar-refractivity contribution in [2.45, 2.75) is 0 Å². The fourth-order valence-electron chi connectivity index (χ4n) is 1.04. The van der Waals surface area contributed by atoms with E-state index < -0.39 is 5.97 Å². The lowest BCUT2D eigenvalue weighted by molar-refractivity contribution is -0.255. The van der Waals surface area contributed by atoms with Crippen molar-refractivity contribution >= 4 is 5.97 Å². The first-order chi connectivity index (χ1) is 6.77. The van der Waals surface area contributed by atoms with Gasteiger partial charge in [-0.15, -0.1) is 5.10 Å². The molecule has 0 N–H and O–H groups in total. The molecule has 0 aliphatic rings. The number of hydrogen-bond acceptors (Lipinski definition) is 4. The zero-order chi connectivity index (χ0) is 9.97. The van der Waals surface area contributed by atoms with E-state index >= 15 is 0 Å². The highest BCUT2D eigenvalue weighted by Crippen LogP contribution is 2.03. The van der Waals surface area contributed by atoms with Crippen LogP contribution in [0.3, 0.4) is 0 Å². The molecular weight excluding hydrogens is 182 g/mol. The smallest absolute Gasteiger partial charge is 0.128 e. The van der Waals surface area contributed by atoms with Crippen LogP contribution < -0.4 is 5.11 Å². The van der Waals surface area contributed by atoms with E-state index in [0.717, 1.165) is 6.20 Å². The van der Waals surface area contributed by atoms with Gasteiger partial charge in [0, 0.05) is 0 Å². The Hall–Kier alpha value is -2.17. The lowest BCUT2D eigenvalue weighted by atomic mass is 10.3. The van der Waals surface area contributed by atoms with E-state index in [1.54, 1.807) is 12.1 Å². The third kappa shape index (κ3) is 1.47. The highest BCUT2D eigenvalue weighted by atomic mass is 16.4. The average Bonchev–Trinajstić information content (AvgIpc) is 2.68. The van der Waals surface area contributed by atoms with Gasteiger partial charge < -0.3 is 9.90 Å². The highest BCUT2D eigenvalue weighted by Gasteiger charge is 2.01. The zero-order valence-corrected chi connectivity index (χ0v) is 7.12. The fraction of sp³-hybridized carbons (Fsp3) is 0. The maximum Gasteiger partial charge on any atom is 0.128 e. The van der Waals surface area contributed by atoms with Crippen LogP contribution in [-0.2, 0) is 0 Å². The Labute approximate surface area is 79.6 Å². The molecule has 0 atom stereocenters. The fourth-order valence-corrected chi connectivity index (χ4v) is 1.04. The van der Waals surface area contributed by atoms with Gasteiger partial charge >= 0.3 is 0 Å². The van der Waals surface area contributed by atoms with Crippen LogP contribution in [0.5, 0.6) is 0 Å². The van der Waals surface area contributed by atoms with E-state index in [1.165, 1.54) is 4.80 Å². The molecule has 0 unspecified atom stereocenters. The predicted molar refractivity (Wildman–Crippen MR) is 45.7 cm³/mol. The number of carboxylic acid groups (broad SMARTS) is 1. The lowest BCUT2D eigenvalue weighted by Gasteiger charge is -1.97. The van der Waals surface area contributed by atoms with E-state index in [9.17, 15) is 9.90 Å². The van der Waals surface area contributed by atoms with Crippen LogP contribution in [0.2, 0.25) is 0 Å². The van der Waals surface area contributed by atoms with E-state index in [1.807, 2.05) is 18.2 Å². The van der Waals surface area contributed by atoms with Crippen LogP contribution in [0.1, 0.15) is 10.5 Å². The number of carboxylic acids is 1. The molecule has 70 valence electrons. The first-order valence-corrected chi connectivity index (χ1v) is 3.96. The van der Waals surface area contributed by atoms with Crippen molar-refractivity contribution in [3.8, 4) is 5.69 Å². The summed E-state index contributed by atoms with van der Waals surface area (Å²) >= 11 is 0. The number of carbonyl (C=O) groups excluding carboxylic acids is 1. The molecule has 0 spiro atoms. The standard InChI is InChI=1S/C9H7N3O2/c13-9(14)8-6-10-12(11-8)7-4-2-1-3-5-7/h1-6H,(H,13,14)/p-1. The van der Waals surface area contributed by atoms with Gasteiger partial charge in [-0.2, -0.15) is 9.90 Å². The Bertz CT molecular complexity index is 450. The minimum Gasteiger partial charge on any atom is -0.543 e. The molecular formula is C9H6N3O2-. The van der Waals surface area contributed by atoms with Crippen LogP contribution in [0, 0.1) is 0 Å². The van der Waals surface area contributed by atoms with E-state index in [0.29, 0.717) is 5.69 Å². The van der Waals surface area contributed by atoms with Crippen LogP contribution in [-0.4, -0.2) is 21.0 Å². The summed E-state index contributed by atoms with van der Waals surface area (Å²) in [6.07, 6.45) is 1.16. The molecule has 5 nitrogen and oxygen atoms in total. The number of nitrogens with zero attached hydrogens (tertiary/aromatic N) is 3. The Kier molecular flexibility index (Phi) is 1.98. The van der Waals surface area contributed by atoms with Gasteiger partial charge in [0.2, 0.25) is 0 Å². The van der Waals surface area contributed by atoms with E-state index in [4.69, 9.17) is 0 Å². The maximum absolute atomic E-state index is 10.4. The largest absolute Gasteiger partial charge is 0.543 e. The van der Waals surface area contributed by atoms with Gasteiger partial charge in [-0.05, 0) is 12.1 Å². The molecule has 1 heterocycles. The Morgan fingerprint density at radius 2 is 2.00 bits per heavy atom. The summed E-state index contributed by atoms with van der Waals surface area (Å²) in [6.45, 7) is 0. The topological polar surface area (TPSA) is 70.8 Å². The molecule has 0 aliphatic heterocycles. The van der Waals surface area contributed by atoms with Crippen LogP contribution in [0.25, 0.3) is 5.69 Å². The first-order valence-electron chi connectivity index (χ1n) is 3.96. The SMILES string of the molecule is O=C([O-])c1cnn(-c2ccccc2)n1. The summed E-state index contributed by atoms with van der Waals surface area (Å²) in [6, 6.07) is 9.04. The van der Waals surface area contributed by atoms with E-state index in [-0.39, 0.29) is 5.69 Å². The van der Waals surface area contributed by atoms with Gasteiger partial charge in [0.25, 0.3) is 0 Å². The van der Waals surface area contributed by atoms with Gasteiger partial charge in [0.15, 0.2) is 0 Å². The number of hydrogen-bond donors (Lipinski definition) is 0. The second kappa shape index (κ2) is 3.29. The molecule has 0 radical (unpaired) electrons. The molecule has 0 saturated heterocycles. The van der Waals surface area contributed by atoms with Crippen molar-refractivity contribution in [1.82, 2.24) is 15.0 Å². The number of carbonyl (C=O) groups is 1. The number of aromatic nitrogens is 3. The number of rotatable bonds is 2. The van der Waals surface area contributed by atoms with Gasteiger partial charge in [-0.1, -0.05) is 18.2 Å². The van der Waals surface area contributed by atoms with Crippen LogP contribution >= 0.6 is 0 Å². The highest BCUT2D eigenvalue weighted by molar-refractivity contribution is 5.82. The molecule has 5 heteroatoms.